The lowest BCUT2D eigenvalue weighted by Gasteiger charge is -2.28. The molecule has 2 fully saturated rings. The van der Waals surface area contributed by atoms with Crippen LogP contribution >= 0.6 is 24.8 Å². The maximum absolute atomic E-state index is 12.4. The molecule has 0 spiro atoms. The molecule has 10 heteroatoms. The van der Waals surface area contributed by atoms with Crippen molar-refractivity contribution in [2.24, 2.45) is 0 Å². The fraction of sp³-hybridized carbons (Fsp3) is 0.929. The quantitative estimate of drug-likeness (QED) is 0.777. The van der Waals surface area contributed by atoms with Gasteiger partial charge < -0.3 is 15.1 Å². The second-order valence-electron chi connectivity index (χ2n) is 5.97. The highest BCUT2D eigenvalue weighted by atomic mass is 35.5. The maximum Gasteiger partial charge on any atom is 0.401 e. The Labute approximate surface area is 153 Å². The molecule has 2 rings (SSSR count). The minimum Gasteiger partial charge on any atom is -0.340 e. The summed E-state index contributed by atoms with van der Waals surface area (Å²) in [5.74, 6) is 0.151. The van der Waals surface area contributed by atoms with Crippen molar-refractivity contribution in [3.8, 4) is 0 Å². The third-order valence-electron chi connectivity index (χ3n) is 4.20. The number of carbonyl (C=O) groups is 1. The van der Waals surface area contributed by atoms with Gasteiger partial charge in [-0.15, -0.1) is 24.8 Å². The van der Waals surface area contributed by atoms with E-state index in [1.165, 1.54) is 4.90 Å². The van der Waals surface area contributed by atoms with E-state index in [2.05, 4.69) is 10.2 Å². The Morgan fingerprint density at radius 2 is 1.50 bits per heavy atom. The monoisotopic (exact) mass is 394 g/mol. The molecule has 0 bridgehead atoms. The normalized spacial score (nSPS) is 20.7. The number of rotatable bonds is 4. The molecule has 144 valence electrons. The first kappa shape index (κ1) is 23.7. The van der Waals surface area contributed by atoms with E-state index in [9.17, 15) is 18.0 Å². The summed E-state index contributed by atoms with van der Waals surface area (Å²) in [4.78, 5) is 17.5. The molecule has 0 aliphatic carbocycles. The zero-order valence-corrected chi connectivity index (χ0v) is 15.3. The number of piperazine rings is 1. The average molecular weight is 395 g/mol. The molecule has 2 aliphatic rings. The molecule has 5 nitrogen and oxygen atoms in total. The fourth-order valence-corrected chi connectivity index (χ4v) is 2.99. The summed E-state index contributed by atoms with van der Waals surface area (Å²) < 4.78 is 37.3. The Hall–Kier alpha value is -0.280. The Balaban J connectivity index is 0.00000264. The van der Waals surface area contributed by atoms with E-state index in [1.54, 1.807) is 0 Å². The largest absolute Gasteiger partial charge is 0.401 e. The van der Waals surface area contributed by atoms with Crippen LogP contribution in [0.5, 0.6) is 0 Å². The first-order valence-corrected chi connectivity index (χ1v) is 7.94. The zero-order chi connectivity index (χ0) is 16.0. The minimum atomic E-state index is -4.13. The van der Waals surface area contributed by atoms with Crippen LogP contribution in [-0.2, 0) is 4.79 Å². The Bertz CT molecular complexity index is 368. The predicted molar refractivity (Wildman–Crippen MR) is 92.1 cm³/mol. The second-order valence-corrected chi connectivity index (χ2v) is 5.97. The number of carbonyl (C=O) groups excluding carboxylic acids is 1. The maximum atomic E-state index is 12.4. The summed E-state index contributed by atoms with van der Waals surface area (Å²) >= 11 is 0. The lowest BCUT2D eigenvalue weighted by atomic mass is 10.3. The smallest absolute Gasteiger partial charge is 0.340 e. The SMILES string of the molecule is Cl.Cl.O=C(CCN1CCCN(CC(F)(F)F)CC1)N1CCNCC1. The van der Waals surface area contributed by atoms with Crippen LogP contribution in [0.15, 0.2) is 0 Å². The van der Waals surface area contributed by atoms with Crippen molar-refractivity contribution in [3.05, 3.63) is 0 Å². The van der Waals surface area contributed by atoms with Gasteiger partial charge in [0.2, 0.25) is 5.91 Å². The van der Waals surface area contributed by atoms with Crippen LogP contribution in [0.25, 0.3) is 0 Å². The third kappa shape index (κ3) is 8.71. The van der Waals surface area contributed by atoms with Gasteiger partial charge >= 0.3 is 6.18 Å². The molecule has 0 saturated carbocycles. The van der Waals surface area contributed by atoms with Crippen molar-refractivity contribution in [1.29, 1.82) is 0 Å². The molecule has 1 N–H and O–H groups in total. The van der Waals surface area contributed by atoms with Crippen molar-refractivity contribution >= 4 is 30.7 Å². The van der Waals surface area contributed by atoms with Gasteiger partial charge in [-0.1, -0.05) is 0 Å². The van der Waals surface area contributed by atoms with Crippen molar-refractivity contribution in [2.45, 2.75) is 19.0 Å². The number of halogens is 5. The lowest BCUT2D eigenvalue weighted by molar-refractivity contribution is -0.145. The van der Waals surface area contributed by atoms with E-state index < -0.39 is 12.7 Å². The number of nitrogens with zero attached hydrogens (tertiary/aromatic N) is 3. The highest BCUT2D eigenvalue weighted by Gasteiger charge is 2.31. The van der Waals surface area contributed by atoms with E-state index in [-0.39, 0.29) is 30.7 Å². The standard InChI is InChI=1S/C14H25F3N4O.2ClH/c15-14(16,17)12-20-6-1-5-19(10-11-20)7-2-13(22)21-8-3-18-4-9-21;;/h18H,1-12H2;2*1H. The van der Waals surface area contributed by atoms with Gasteiger partial charge in [-0.2, -0.15) is 13.2 Å². The van der Waals surface area contributed by atoms with Gasteiger partial charge in [0.15, 0.2) is 0 Å². The minimum absolute atomic E-state index is 0. The van der Waals surface area contributed by atoms with Gasteiger partial charge in [0.1, 0.15) is 0 Å². The Morgan fingerprint density at radius 1 is 0.917 bits per heavy atom. The first-order valence-electron chi connectivity index (χ1n) is 7.94. The van der Waals surface area contributed by atoms with Gasteiger partial charge in [-0.05, 0) is 19.5 Å². The van der Waals surface area contributed by atoms with Crippen LogP contribution in [0, 0.1) is 0 Å². The number of amides is 1. The van der Waals surface area contributed by atoms with E-state index in [4.69, 9.17) is 0 Å². The molecular weight excluding hydrogens is 368 g/mol. The van der Waals surface area contributed by atoms with Crippen LogP contribution in [0.3, 0.4) is 0 Å². The molecule has 0 aromatic rings. The van der Waals surface area contributed by atoms with Crippen molar-refractivity contribution in [1.82, 2.24) is 20.0 Å². The van der Waals surface area contributed by atoms with Gasteiger partial charge in [0, 0.05) is 52.2 Å². The summed E-state index contributed by atoms with van der Waals surface area (Å²) in [6, 6.07) is 0. The Morgan fingerprint density at radius 3 is 2.12 bits per heavy atom. The number of nitrogens with one attached hydrogen (secondary N) is 1. The van der Waals surface area contributed by atoms with E-state index >= 15 is 0 Å². The Kier molecular flexibility index (Phi) is 11.2. The molecule has 1 amide bonds. The average Bonchev–Trinajstić information content (AvgIpc) is 2.69. The predicted octanol–water partition coefficient (Wildman–Crippen LogP) is 1.22. The van der Waals surface area contributed by atoms with Crippen molar-refractivity contribution in [3.63, 3.8) is 0 Å². The van der Waals surface area contributed by atoms with E-state index in [1.807, 2.05) is 4.90 Å². The van der Waals surface area contributed by atoms with Crippen LogP contribution in [0.1, 0.15) is 12.8 Å². The van der Waals surface area contributed by atoms with E-state index in [0.717, 1.165) is 39.1 Å². The summed E-state index contributed by atoms with van der Waals surface area (Å²) in [6.45, 7) is 5.24. The van der Waals surface area contributed by atoms with Crippen LogP contribution < -0.4 is 5.32 Å². The van der Waals surface area contributed by atoms with E-state index in [0.29, 0.717) is 32.6 Å². The number of alkyl halides is 3. The molecule has 0 aromatic heterocycles. The summed E-state index contributed by atoms with van der Waals surface area (Å²) in [6.07, 6.45) is -2.95. The fourth-order valence-electron chi connectivity index (χ4n) is 2.99. The second kappa shape index (κ2) is 11.4. The topological polar surface area (TPSA) is 38.8 Å². The summed E-state index contributed by atoms with van der Waals surface area (Å²) in [7, 11) is 0. The van der Waals surface area contributed by atoms with Gasteiger partial charge in [-0.3, -0.25) is 9.69 Å². The molecule has 0 radical (unpaired) electrons. The van der Waals surface area contributed by atoms with Gasteiger partial charge in [0.05, 0.1) is 6.54 Å². The van der Waals surface area contributed by atoms with Crippen LogP contribution in [-0.4, -0.2) is 92.2 Å². The molecule has 2 aliphatic heterocycles. The number of hydrogen-bond acceptors (Lipinski definition) is 4. The molecule has 0 atom stereocenters. The van der Waals surface area contributed by atoms with Crippen molar-refractivity contribution < 1.29 is 18.0 Å². The van der Waals surface area contributed by atoms with Gasteiger partial charge in [-0.25, -0.2) is 0 Å². The highest BCUT2D eigenvalue weighted by Crippen LogP contribution is 2.17. The van der Waals surface area contributed by atoms with Gasteiger partial charge in [0.25, 0.3) is 0 Å². The molecular formula is C14H27Cl2F3N4O. The van der Waals surface area contributed by atoms with Crippen molar-refractivity contribution in [2.75, 3.05) is 65.4 Å². The molecule has 2 heterocycles. The van der Waals surface area contributed by atoms with Crippen LogP contribution in [0.2, 0.25) is 0 Å². The molecule has 24 heavy (non-hydrogen) atoms. The molecule has 0 aromatic carbocycles. The number of hydrogen-bond donors (Lipinski definition) is 1. The summed E-state index contributed by atoms with van der Waals surface area (Å²) in [5, 5.41) is 3.21. The highest BCUT2D eigenvalue weighted by molar-refractivity contribution is 5.85. The molecule has 0 unspecified atom stereocenters. The third-order valence-corrected chi connectivity index (χ3v) is 4.20. The zero-order valence-electron chi connectivity index (χ0n) is 13.7. The lowest BCUT2D eigenvalue weighted by Crippen LogP contribution is -2.47. The van der Waals surface area contributed by atoms with Crippen LogP contribution in [0.4, 0.5) is 13.2 Å². The summed E-state index contributed by atoms with van der Waals surface area (Å²) in [5.41, 5.74) is 0. The first-order chi connectivity index (χ1) is 10.4. The molecule has 2 saturated heterocycles.